The summed E-state index contributed by atoms with van der Waals surface area (Å²) in [5.41, 5.74) is 2.01. The van der Waals surface area contributed by atoms with Crippen molar-refractivity contribution in [3.8, 4) is 18.0 Å². The minimum atomic E-state index is -0.369. The molecule has 0 unspecified atom stereocenters. The summed E-state index contributed by atoms with van der Waals surface area (Å²) in [4.78, 5) is 26.3. The Bertz CT molecular complexity index is 1090. The topological polar surface area (TPSA) is 47.3 Å². The molecule has 3 rings (SSSR count). The number of rotatable bonds is 8. The molecule has 0 amide bonds. The van der Waals surface area contributed by atoms with E-state index < -0.39 is 0 Å². The van der Waals surface area contributed by atoms with Gasteiger partial charge < -0.3 is 4.74 Å². The van der Waals surface area contributed by atoms with Crippen molar-refractivity contribution in [3.05, 3.63) is 75.3 Å². The van der Waals surface area contributed by atoms with Crippen molar-refractivity contribution in [2.45, 2.75) is 17.6 Å². The standard InChI is InChI=1S/C23H19BrNO3S2/c1-3-14-29-23-20(25-12-6-5-7-13-25)18(15-19(26)28-4-2)22(30-23)21(27)16-8-10-17(24)11-9-16/h1,5-13H,4,14-15H2,2H3/q+1. The van der Waals surface area contributed by atoms with Crippen LogP contribution in [0.5, 0.6) is 0 Å². The highest BCUT2D eigenvalue weighted by molar-refractivity contribution is 9.10. The van der Waals surface area contributed by atoms with Crippen LogP contribution < -0.4 is 4.57 Å². The molecule has 0 aliphatic carbocycles. The molecule has 0 spiro atoms. The molecule has 0 saturated carbocycles. The van der Waals surface area contributed by atoms with Crippen LogP contribution in [-0.4, -0.2) is 24.1 Å². The van der Waals surface area contributed by atoms with Crippen LogP contribution in [0.15, 0.2) is 63.5 Å². The average molecular weight is 501 g/mol. The predicted molar refractivity (Wildman–Crippen MR) is 123 cm³/mol. The first-order valence-corrected chi connectivity index (χ1v) is 11.8. The van der Waals surface area contributed by atoms with E-state index in [4.69, 9.17) is 11.2 Å². The van der Waals surface area contributed by atoms with Crippen molar-refractivity contribution in [2.75, 3.05) is 12.4 Å². The molecule has 3 aromatic rings. The summed E-state index contributed by atoms with van der Waals surface area (Å²) in [5.74, 6) is 2.60. The van der Waals surface area contributed by atoms with Crippen LogP contribution in [0.3, 0.4) is 0 Å². The van der Waals surface area contributed by atoms with Gasteiger partial charge in [-0.05, 0) is 31.2 Å². The number of aromatic nitrogens is 1. The Kier molecular flexibility index (Phi) is 7.86. The average Bonchev–Trinajstić information content (AvgIpc) is 3.11. The number of carbonyl (C=O) groups is 2. The quantitative estimate of drug-likeness (QED) is 0.146. The highest BCUT2D eigenvalue weighted by atomic mass is 79.9. The lowest BCUT2D eigenvalue weighted by Crippen LogP contribution is -2.31. The fourth-order valence-corrected chi connectivity index (χ4v) is 5.40. The fourth-order valence-electron chi connectivity index (χ4n) is 2.88. The van der Waals surface area contributed by atoms with E-state index in [0.717, 1.165) is 14.4 Å². The zero-order chi connectivity index (χ0) is 21.5. The number of ether oxygens (including phenoxy) is 1. The molecule has 0 N–H and O–H groups in total. The molecule has 30 heavy (non-hydrogen) atoms. The van der Waals surface area contributed by atoms with Crippen molar-refractivity contribution in [3.63, 3.8) is 0 Å². The van der Waals surface area contributed by atoms with E-state index in [1.54, 1.807) is 19.1 Å². The lowest BCUT2D eigenvalue weighted by atomic mass is 10.0. The number of halogens is 1. The first kappa shape index (κ1) is 22.3. The minimum absolute atomic E-state index is 0.00970. The van der Waals surface area contributed by atoms with Gasteiger partial charge in [0.2, 0.25) is 11.5 Å². The van der Waals surface area contributed by atoms with Gasteiger partial charge in [-0.2, -0.15) is 4.57 Å². The number of nitrogens with zero attached hydrogens (tertiary/aromatic N) is 1. The molecular weight excluding hydrogens is 482 g/mol. The largest absolute Gasteiger partial charge is 0.466 e. The molecule has 0 saturated heterocycles. The molecule has 2 heterocycles. The monoisotopic (exact) mass is 500 g/mol. The van der Waals surface area contributed by atoms with E-state index in [2.05, 4.69) is 21.9 Å². The molecule has 1 aromatic carbocycles. The van der Waals surface area contributed by atoms with Crippen LogP contribution >= 0.6 is 39.0 Å². The molecule has 7 heteroatoms. The second kappa shape index (κ2) is 10.6. The molecule has 4 nitrogen and oxygen atoms in total. The van der Waals surface area contributed by atoms with Gasteiger partial charge in [-0.25, -0.2) is 0 Å². The summed E-state index contributed by atoms with van der Waals surface area (Å²) < 4.78 is 8.89. The van der Waals surface area contributed by atoms with E-state index in [1.165, 1.54) is 23.1 Å². The third-order valence-corrected chi connectivity index (χ3v) is 7.06. The number of benzene rings is 1. The van der Waals surface area contributed by atoms with Crippen LogP contribution in [0.4, 0.5) is 0 Å². The first-order chi connectivity index (χ1) is 14.5. The van der Waals surface area contributed by atoms with Crippen molar-refractivity contribution < 1.29 is 18.9 Å². The minimum Gasteiger partial charge on any atom is -0.466 e. The Morgan fingerprint density at radius 3 is 2.53 bits per heavy atom. The first-order valence-electron chi connectivity index (χ1n) is 9.19. The number of thioether (sulfide) groups is 1. The molecule has 0 atom stereocenters. The maximum absolute atomic E-state index is 13.4. The Morgan fingerprint density at radius 1 is 1.20 bits per heavy atom. The number of pyridine rings is 1. The normalized spacial score (nSPS) is 10.4. The molecule has 152 valence electrons. The Morgan fingerprint density at radius 2 is 1.90 bits per heavy atom. The zero-order valence-electron chi connectivity index (χ0n) is 16.3. The van der Waals surface area contributed by atoms with Gasteiger partial charge in [-0.1, -0.05) is 39.7 Å². The third kappa shape index (κ3) is 5.20. The second-order valence-corrected chi connectivity index (χ2v) is 9.32. The zero-order valence-corrected chi connectivity index (χ0v) is 19.5. The lowest BCUT2D eigenvalue weighted by molar-refractivity contribution is -0.598. The van der Waals surface area contributed by atoms with E-state index in [1.807, 2.05) is 47.3 Å². The summed E-state index contributed by atoms with van der Waals surface area (Å²) in [6.07, 6.45) is 9.27. The molecule has 2 aromatic heterocycles. The van der Waals surface area contributed by atoms with Crippen LogP contribution in [-0.2, 0) is 16.0 Å². The SMILES string of the molecule is C#CCSc1sc(C(=O)c2ccc(Br)cc2)c(CC(=O)OCC)c1-[n+]1ccccc1. The van der Waals surface area contributed by atoms with Gasteiger partial charge in [0.25, 0.3) is 0 Å². The van der Waals surface area contributed by atoms with Crippen LogP contribution in [0, 0.1) is 12.3 Å². The van der Waals surface area contributed by atoms with Crippen LogP contribution in [0.25, 0.3) is 5.69 Å². The van der Waals surface area contributed by atoms with Crippen molar-refractivity contribution >= 4 is 50.8 Å². The molecular formula is C23H19BrNO3S2+. The van der Waals surface area contributed by atoms with Gasteiger partial charge in [0, 0.05) is 22.2 Å². The van der Waals surface area contributed by atoms with Crippen LogP contribution in [0.1, 0.15) is 27.7 Å². The Hall–Kier alpha value is -2.40. The van der Waals surface area contributed by atoms with Gasteiger partial charge in [-0.3, -0.25) is 9.59 Å². The van der Waals surface area contributed by atoms with Gasteiger partial charge in [-0.15, -0.1) is 17.8 Å². The van der Waals surface area contributed by atoms with E-state index >= 15 is 0 Å². The molecule has 0 aliphatic rings. The number of carbonyl (C=O) groups excluding carboxylic acids is 2. The third-order valence-electron chi connectivity index (χ3n) is 4.15. The molecule has 0 aliphatic heterocycles. The van der Waals surface area contributed by atoms with E-state index in [9.17, 15) is 9.59 Å². The van der Waals surface area contributed by atoms with E-state index in [0.29, 0.717) is 21.8 Å². The fraction of sp³-hybridized carbons (Fsp3) is 0.174. The summed E-state index contributed by atoms with van der Waals surface area (Å²) in [6.45, 7) is 2.05. The van der Waals surface area contributed by atoms with Crippen molar-refractivity contribution in [1.29, 1.82) is 0 Å². The lowest BCUT2D eigenvalue weighted by Gasteiger charge is -2.05. The van der Waals surface area contributed by atoms with Gasteiger partial charge in [0.1, 0.15) is 4.21 Å². The smallest absolute Gasteiger partial charge is 0.310 e. The second-order valence-electron chi connectivity index (χ2n) is 6.14. The Balaban J connectivity index is 2.17. The number of hydrogen-bond donors (Lipinski definition) is 0. The predicted octanol–water partition coefficient (Wildman–Crippen LogP) is 4.85. The number of terminal acetylenes is 1. The van der Waals surface area contributed by atoms with Crippen molar-refractivity contribution in [1.82, 2.24) is 0 Å². The van der Waals surface area contributed by atoms with Crippen molar-refractivity contribution in [2.24, 2.45) is 0 Å². The molecule has 0 radical (unpaired) electrons. The molecule has 0 bridgehead atoms. The van der Waals surface area contributed by atoms with Gasteiger partial charge in [0.15, 0.2) is 12.4 Å². The van der Waals surface area contributed by atoms with Gasteiger partial charge >= 0.3 is 5.97 Å². The summed E-state index contributed by atoms with van der Waals surface area (Å²) >= 11 is 6.24. The summed E-state index contributed by atoms with van der Waals surface area (Å²) in [6, 6.07) is 12.9. The molecule has 0 fully saturated rings. The van der Waals surface area contributed by atoms with Crippen LogP contribution in [0.2, 0.25) is 0 Å². The number of thiophene rings is 1. The number of ketones is 1. The maximum Gasteiger partial charge on any atom is 0.310 e. The number of hydrogen-bond acceptors (Lipinski definition) is 5. The van der Waals surface area contributed by atoms with E-state index in [-0.39, 0.29) is 24.8 Å². The highest BCUT2D eigenvalue weighted by Crippen LogP contribution is 2.38. The van der Waals surface area contributed by atoms with Gasteiger partial charge in [0.05, 0.1) is 29.2 Å². The maximum atomic E-state index is 13.4. The highest BCUT2D eigenvalue weighted by Gasteiger charge is 2.31. The summed E-state index contributed by atoms with van der Waals surface area (Å²) in [7, 11) is 0. The number of esters is 1. The Labute approximate surface area is 192 Å². The summed E-state index contributed by atoms with van der Waals surface area (Å²) in [5, 5.41) is 0.